The van der Waals surface area contributed by atoms with E-state index < -0.39 is 0 Å². The van der Waals surface area contributed by atoms with E-state index in [4.69, 9.17) is 9.47 Å². The summed E-state index contributed by atoms with van der Waals surface area (Å²) < 4.78 is 10.6. The lowest BCUT2D eigenvalue weighted by molar-refractivity contribution is -0.116. The third-order valence-corrected chi connectivity index (χ3v) is 3.50. The van der Waals surface area contributed by atoms with E-state index in [9.17, 15) is 4.79 Å². The van der Waals surface area contributed by atoms with Crippen molar-refractivity contribution in [2.24, 2.45) is 0 Å². The highest BCUT2D eigenvalue weighted by Gasteiger charge is 2.15. The van der Waals surface area contributed by atoms with E-state index in [1.54, 1.807) is 4.90 Å². The molecule has 1 amide bonds. The van der Waals surface area contributed by atoms with Gasteiger partial charge in [0.15, 0.2) is 11.5 Å². The number of nitrogens with zero attached hydrogens (tertiary/aromatic N) is 1. The van der Waals surface area contributed by atoms with Crippen LogP contribution >= 0.6 is 0 Å². The van der Waals surface area contributed by atoms with Gasteiger partial charge in [0.2, 0.25) is 12.7 Å². The largest absolute Gasteiger partial charge is 0.454 e. The highest BCUT2D eigenvalue weighted by molar-refractivity contribution is 5.96. The number of amides is 1. The molecule has 0 aromatic heterocycles. The maximum Gasteiger partial charge on any atom is 0.246 e. The Morgan fingerprint density at radius 3 is 2.68 bits per heavy atom. The Hall–Kier alpha value is -2.69. The van der Waals surface area contributed by atoms with Crippen LogP contribution in [0.4, 0.5) is 11.4 Å². The van der Waals surface area contributed by atoms with Gasteiger partial charge in [-0.05, 0) is 31.2 Å². The third-order valence-electron chi connectivity index (χ3n) is 3.50. The Kier molecular flexibility index (Phi) is 4.14. The van der Waals surface area contributed by atoms with Crippen molar-refractivity contribution in [1.82, 2.24) is 0 Å². The number of likely N-dealkylation sites (N-methyl/N-ethyl adjacent to an activating group) is 1. The molecule has 1 aliphatic heterocycles. The molecule has 114 valence electrons. The summed E-state index contributed by atoms with van der Waals surface area (Å²) >= 11 is 0. The third kappa shape index (κ3) is 2.98. The topological polar surface area (TPSA) is 50.8 Å². The van der Waals surface area contributed by atoms with Crippen LogP contribution in [0.15, 0.2) is 48.5 Å². The van der Waals surface area contributed by atoms with Crippen LogP contribution in [0, 0.1) is 0 Å². The zero-order chi connectivity index (χ0) is 15.4. The molecule has 1 aliphatic rings. The van der Waals surface area contributed by atoms with E-state index >= 15 is 0 Å². The Bertz CT molecular complexity index is 658. The van der Waals surface area contributed by atoms with E-state index in [1.807, 2.05) is 55.5 Å². The van der Waals surface area contributed by atoms with Gasteiger partial charge in [-0.3, -0.25) is 4.79 Å². The molecule has 2 aromatic carbocycles. The average molecular weight is 298 g/mol. The quantitative estimate of drug-likeness (QED) is 0.922. The second-order valence-corrected chi connectivity index (χ2v) is 4.90. The molecule has 1 N–H and O–H groups in total. The van der Waals surface area contributed by atoms with Crippen LogP contribution in [0.1, 0.15) is 6.92 Å². The summed E-state index contributed by atoms with van der Waals surface area (Å²) in [6, 6.07) is 15.2. The van der Waals surface area contributed by atoms with Crippen molar-refractivity contribution in [3.8, 4) is 11.5 Å². The molecule has 1 heterocycles. The van der Waals surface area contributed by atoms with Crippen molar-refractivity contribution < 1.29 is 14.3 Å². The molecule has 0 aliphatic carbocycles. The van der Waals surface area contributed by atoms with Gasteiger partial charge in [0, 0.05) is 24.0 Å². The van der Waals surface area contributed by atoms with Gasteiger partial charge >= 0.3 is 0 Å². The standard InChI is InChI=1S/C17H18N2O3/c1-2-19(14-6-4-3-5-7-14)17(20)11-18-13-8-9-15-16(10-13)22-12-21-15/h3-10,18H,2,11-12H2,1H3. The monoisotopic (exact) mass is 298 g/mol. The first-order chi connectivity index (χ1) is 10.8. The number of hydrogen-bond acceptors (Lipinski definition) is 4. The highest BCUT2D eigenvalue weighted by Crippen LogP contribution is 2.34. The Morgan fingerprint density at radius 1 is 1.14 bits per heavy atom. The molecular formula is C17H18N2O3. The summed E-state index contributed by atoms with van der Waals surface area (Å²) in [5, 5.41) is 3.13. The SMILES string of the molecule is CCN(C(=O)CNc1ccc2c(c1)OCO2)c1ccccc1. The molecule has 0 bridgehead atoms. The fourth-order valence-corrected chi connectivity index (χ4v) is 2.39. The number of carbonyl (C=O) groups excluding carboxylic acids is 1. The number of anilines is 2. The van der Waals surface area contributed by atoms with Gasteiger partial charge in [0.25, 0.3) is 0 Å². The number of fused-ring (bicyclic) bond motifs is 1. The number of para-hydroxylation sites is 1. The summed E-state index contributed by atoms with van der Waals surface area (Å²) in [4.78, 5) is 14.1. The molecule has 2 aromatic rings. The predicted octanol–water partition coefficient (Wildman–Crippen LogP) is 2.88. The minimum atomic E-state index is 0.0198. The van der Waals surface area contributed by atoms with Gasteiger partial charge < -0.3 is 19.7 Å². The van der Waals surface area contributed by atoms with Crippen LogP contribution < -0.4 is 19.7 Å². The van der Waals surface area contributed by atoms with Crippen LogP contribution in [-0.2, 0) is 4.79 Å². The number of benzene rings is 2. The Labute approximate surface area is 129 Å². The smallest absolute Gasteiger partial charge is 0.246 e. The fraction of sp³-hybridized carbons (Fsp3) is 0.235. The minimum absolute atomic E-state index is 0.0198. The lowest BCUT2D eigenvalue weighted by Crippen LogP contribution is -2.35. The first-order valence-corrected chi connectivity index (χ1v) is 7.27. The van der Waals surface area contributed by atoms with Gasteiger partial charge in [-0.15, -0.1) is 0 Å². The molecule has 22 heavy (non-hydrogen) atoms. The summed E-state index contributed by atoms with van der Waals surface area (Å²) in [6.45, 7) is 3.06. The van der Waals surface area contributed by atoms with Crippen molar-refractivity contribution >= 4 is 17.3 Å². The molecule has 0 atom stereocenters. The van der Waals surface area contributed by atoms with Crippen LogP contribution in [0.3, 0.4) is 0 Å². The Balaban J connectivity index is 1.64. The normalized spacial score (nSPS) is 12.0. The molecule has 5 nitrogen and oxygen atoms in total. The zero-order valence-electron chi connectivity index (χ0n) is 12.4. The van der Waals surface area contributed by atoms with E-state index in [0.29, 0.717) is 12.3 Å². The van der Waals surface area contributed by atoms with Crippen LogP contribution in [0.25, 0.3) is 0 Å². The summed E-state index contributed by atoms with van der Waals surface area (Å²) in [7, 11) is 0. The summed E-state index contributed by atoms with van der Waals surface area (Å²) in [6.07, 6.45) is 0. The molecule has 0 fully saturated rings. The van der Waals surface area contributed by atoms with E-state index in [2.05, 4.69) is 5.32 Å². The fourth-order valence-electron chi connectivity index (χ4n) is 2.39. The molecular weight excluding hydrogens is 280 g/mol. The number of nitrogens with one attached hydrogen (secondary N) is 1. The van der Waals surface area contributed by atoms with Gasteiger partial charge in [-0.2, -0.15) is 0 Å². The van der Waals surface area contributed by atoms with E-state index in [-0.39, 0.29) is 19.2 Å². The lowest BCUT2D eigenvalue weighted by atomic mass is 10.2. The molecule has 3 rings (SSSR count). The number of carbonyl (C=O) groups is 1. The predicted molar refractivity (Wildman–Crippen MR) is 85.5 cm³/mol. The highest BCUT2D eigenvalue weighted by atomic mass is 16.7. The Morgan fingerprint density at radius 2 is 1.91 bits per heavy atom. The maximum absolute atomic E-state index is 12.4. The first-order valence-electron chi connectivity index (χ1n) is 7.27. The molecule has 0 spiro atoms. The van der Waals surface area contributed by atoms with Gasteiger partial charge in [0.05, 0.1) is 6.54 Å². The molecule has 0 saturated carbocycles. The molecule has 5 heteroatoms. The number of hydrogen-bond donors (Lipinski definition) is 1. The maximum atomic E-state index is 12.4. The second kappa shape index (κ2) is 6.39. The van der Waals surface area contributed by atoms with Crippen LogP contribution in [-0.4, -0.2) is 25.8 Å². The van der Waals surface area contributed by atoms with E-state index in [1.165, 1.54) is 0 Å². The zero-order valence-corrected chi connectivity index (χ0v) is 12.4. The lowest BCUT2D eigenvalue weighted by Gasteiger charge is -2.21. The summed E-state index contributed by atoms with van der Waals surface area (Å²) in [5.74, 6) is 1.45. The van der Waals surface area contributed by atoms with Gasteiger partial charge in [0.1, 0.15) is 0 Å². The average Bonchev–Trinajstić information content (AvgIpc) is 3.02. The molecule has 0 unspecified atom stereocenters. The molecule has 0 saturated heterocycles. The van der Waals surface area contributed by atoms with Crippen molar-refractivity contribution in [2.45, 2.75) is 6.92 Å². The minimum Gasteiger partial charge on any atom is -0.454 e. The van der Waals surface area contributed by atoms with Crippen molar-refractivity contribution in [1.29, 1.82) is 0 Å². The van der Waals surface area contributed by atoms with Crippen molar-refractivity contribution in [3.63, 3.8) is 0 Å². The number of ether oxygens (including phenoxy) is 2. The second-order valence-electron chi connectivity index (χ2n) is 4.90. The first kappa shape index (κ1) is 14.3. The van der Waals surface area contributed by atoms with E-state index in [0.717, 1.165) is 17.1 Å². The van der Waals surface area contributed by atoms with Crippen LogP contribution in [0.5, 0.6) is 11.5 Å². The van der Waals surface area contributed by atoms with Gasteiger partial charge in [-0.25, -0.2) is 0 Å². The van der Waals surface area contributed by atoms with Gasteiger partial charge in [-0.1, -0.05) is 18.2 Å². The van der Waals surface area contributed by atoms with Crippen LogP contribution in [0.2, 0.25) is 0 Å². The number of rotatable bonds is 5. The van der Waals surface area contributed by atoms with Crippen molar-refractivity contribution in [2.75, 3.05) is 30.1 Å². The molecule has 0 radical (unpaired) electrons. The summed E-state index contributed by atoms with van der Waals surface area (Å²) in [5.41, 5.74) is 1.74. The van der Waals surface area contributed by atoms with Crippen molar-refractivity contribution in [3.05, 3.63) is 48.5 Å².